The van der Waals surface area contributed by atoms with E-state index in [9.17, 15) is 4.79 Å². The summed E-state index contributed by atoms with van der Waals surface area (Å²) < 4.78 is 0. The molecule has 19 heavy (non-hydrogen) atoms. The second kappa shape index (κ2) is 7.60. The first-order chi connectivity index (χ1) is 8.97. The van der Waals surface area contributed by atoms with Crippen molar-refractivity contribution < 1.29 is 4.79 Å². The molecule has 108 valence electrons. The summed E-state index contributed by atoms with van der Waals surface area (Å²) in [6.45, 7) is 10.1. The van der Waals surface area contributed by atoms with E-state index in [1.165, 1.54) is 0 Å². The Morgan fingerprint density at radius 2 is 2.00 bits per heavy atom. The topological polar surface area (TPSA) is 54.0 Å². The van der Waals surface area contributed by atoms with Gasteiger partial charge in [0, 0.05) is 17.1 Å². The molecule has 1 heterocycles. The summed E-state index contributed by atoms with van der Waals surface area (Å²) in [5.74, 6) is 0.0637. The van der Waals surface area contributed by atoms with E-state index in [1.54, 1.807) is 11.3 Å². The number of nitrogens with zero attached hydrogens (tertiary/aromatic N) is 1. The lowest BCUT2D eigenvalue weighted by molar-refractivity contribution is -0.123. The molecule has 0 bridgehead atoms. The van der Waals surface area contributed by atoms with Crippen molar-refractivity contribution in [2.24, 2.45) is 0 Å². The predicted octanol–water partition coefficient (Wildman–Crippen LogP) is 2.80. The molecule has 2 atom stereocenters. The standard InChI is InChI=1S/C14H25N3OS/c1-6-12(7-2)17-13(18)10(4)16-11(5)14-15-9(3)8-19-14/h8,10-12,16H,6-7H2,1-5H3,(H,17,18). The van der Waals surface area contributed by atoms with E-state index in [1.807, 2.05) is 26.2 Å². The number of thiazole rings is 1. The third-order valence-corrected chi connectivity index (χ3v) is 4.38. The van der Waals surface area contributed by atoms with Crippen molar-refractivity contribution in [2.45, 2.75) is 65.6 Å². The van der Waals surface area contributed by atoms with Gasteiger partial charge < -0.3 is 5.32 Å². The number of aromatic nitrogens is 1. The molecule has 4 nitrogen and oxygen atoms in total. The zero-order valence-corrected chi connectivity index (χ0v) is 13.3. The molecule has 0 aliphatic carbocycles. The predicted molar refractivity (Wildman–Crippen MR) is 80.4 cm³/mol. The molecule has 1 rings (SSSR count). The number of carbonyl (C=O) groups excluding carboxylic acids is 1. The van der Waals surface area contributed by atoms with Gasteiger partial charge in [0.1, 0.15) is 5.01 Å². The summed E-state index contributed by atoms with van der Waals surface area (Å²) in [5.41, 5.74) is 1.03. The smallest absolute Gasteiger partial charge is 0.237 e. The van der Waals surface area contributed by atoms with Gasteiger partial charge in [-0.15, -0.1) is 11.3 Å². The van der Waals surface area contributed by atoms with Crippen LogP contribution in [0.1, 0.15) is 57.3 Å². The van der Waals surface area contributed by atoms with Crippen LogP contribution >= 0.6 is 11.3 Å². The van der Waals surface area contributed by atoms with Crippen LogP contribution in [0.25, 0.3) is 0 Å². The quantitative estimate of drug-likeness (QED) is 0.809. The monoisotopic (exact) mass is 283 g/mol. The molecule has 0 saturated carbocycles. The van der Waals surface area contributed by atoms with Crippen LogP contribution in [0.15, 0.2) is 5.38 Å². The van der Waals surface area contributed by atoms with Gasteiger partial charge in [0.05, 0.1) is 12.1 Å². The Morgan fingerprint density at radius 1 is 1.37 bits per heavy atom. The van der Waals surface area contributed by atoms with Gasteiger partial charge in [-0.05, 0) is 33.6 Å². The molecule has 0 aliphatic rings. The Bertz CT molecular complexity index is 401. The molecule has 5 heteroatoms. The van der Waals surface area contributed by atoms with Gasteiger partial charge in [-0.3, -0.25) is 10.1 Å². The fraction of sp³-hybridized carbons (Fsp3) is 0.714. The molecule has 0 fully saturated rings. The molecule has 0 saturated heterocycles. The Hall–Kier alpha value is -0.940. The minimum Gasteiger partial charge on any atom is -0.352 e. The van der Waals surface area contributed by atoms with Crippen molar-refractivity contribution in [1.82, 2.24) is 15.6 Å². The van der Waals surface area contributed by atoms with Gasteiger partial charge in [-0.1, -0.05) is 13.8 Å². The molecule has 2 N–H and O–H groups in total. The Balaban J connectivity index is 2.49. The summed E-state index contributed by atoms with van der Waals surface area (Å²) in [7, 11) is 0. The lowest BCUT2D eigenvalue weighted by atomic mass is 10.1. The summed E-state index contributed by atoms with van der Waals surface area (Å²) in [6.07, 6.45) is 1.94. The number of carbonyl (C=O) groups is 1. The molecule has 1 aromatic heterocycles. The van der Waals surface area contributed by atoms with Gasteiger partial charge in [0.15, 0.2) is 0 Å². The van der Waals surface area contributed by atoms with Crippen molar-refractivity contribution in [1.29, 1.82) is 0 Å². The van der Waals surface area contributed by atoms with Crippen LogP contribution in [0.3, 0.4) is 0 Å². The Morgan fingerprint density at radius 3 is 2.47 bits per heavy atom. The molecule has 0 spiro atoms. The van der Waals surface area contributed by atoms with E-state index >= 15 is 0 Å². The second-order valence-corrected chi connectivity index (χ2v) is 5.85. The largest absolute Gasteiger partial charge is 0.352 e. The highest BCUT2D eigenvalue weighted by atomic mass is 32.1. The first-order valence-electron chi connectivity index (χ1n) is 6.96. The number of rotatable bonds is 7. The van der Waals surface area contributed by atoms with Crippen molar-refractivity contribution in [3.05, 3.63) is 16.1 Å². The van der Waals surface area contributed by atoms with Crippen LogP contribution in [-0.2, 0) is 4.79 Å². The van der Waals surface area contributed by atoms with Crippen molar-refractivity contribution in [3.8, 4) is 0 Å². The van der Waals surface area contributed by atoms with Crippen LogP contribution in [0.4, 0.5) is 0 Å². The zero-order chi connectivity index (χ0) is 14.4. The number of hydrogen-bond donors (Lipinski definition) is 2. The first kappa shape index (κ1) is 16.1. The summed E-state index contributed by atoms with van der Waals surface area (Å²) >= 11 is 1.63. The minimum absolute atomic E-state index is 0.0637. The number of hydrogen-bond acceptors (Lipinski definition) is 4. The molecule has 1 aromatic rings. The SMILES string of the molecule is CCC(CC)NC(=O)C(C)NC(C)c1nc(C)cs1. The van der Waals surface area contributed by atoms with E-state index < -0.39 is 0 Å². The normalized spacial score (nSPS) is 14.4. The third-order valence-electron chi connectivity index (χ3n) is 3.23. The highest BCUT2D eigenvalue weighted by molar-refractivity contribution is 7.09. The minimum atomic E-state index is -0.209. The highest BCUT2D eigenvalue weighted by Crippen LogP contribution is 2.17. The van der Waals surface area contributed by atoms with Gasteiger partial charge in [0.25, 0.3) is 0 Å². The summed E-state index contributed by atoms with van der Waals surface area (Å²) in [4.78, 5) is 16.5. The lowest BCUT2D eigenvalue weighted by Gasteiger charge is -2.21. The van der Waals surface area contributed by atoms with E-state index in [2.05, 4.69) is 29.5 Å². The van der Waals surface area contributed by atoms with Gasteiger partial charge >= 0.3 is 0 Å². The number of amides is 1. The van der Waals surface area contributed by atoms with Crippen LogP contribution in [0.2, 0.25) is 0 Å². The maximum absolute atomic E-state index is 12.1. The van der Waals surface area contributed by atoms with Crippen molar-refractivity contribution in [3.63, 3.8) is 0 Å². The molecular formula is C14H25N3OS. The van der Waals surface area contributed by atoms with Crippen LogP contribution in [-0.4, -0.2) is 23.0 Å². The fourth-order valence-electron chi connectivity index (χ4n) is 1.91. The average Bonchev–Trinajstić information content (AvgIpc) is 2.82. The maximum atomic E-state index is 12.1. The van der Waals surface area contributed by atoms with Crippen molar-refractivity contribution >= 4 is 17.2 Å². The summed E-state index contributed by atoms with van der Waals surface area (Å²) in [6, 6.07) is 0.162. The number of aryl methyl sites for hydroxylation is 1. The van der Waals surface area contributed by atoms with E-state index in [0.29, 0.717) is 0 Å². The average molecular weight is 283 g/mol. The Labute approximate surface area is 120 Å². The zero-order valence-electron chi connectivity index (χ0n) is 12.5. The highest BCUT2D eigenvalue weighted by Gasteiger charge is 2.19. The molecular weight excluding hydrogens is 258 g/mol. The van der Waals surface area contributed by atoms with Gasteiger partial charge in [-0.2, -0.15) is 0 Å². The van der Waals surface area contributed by atoms with E-state index in [0.717, 1.165) is 23.5 Å². The first-order valence-corrected chi connectivity index (χ1v) is 7.84. The summed E-state index contributed by atoms with van der Waals surface area (Å²) in [5, 5.41) is 9.42. The molecule has 1 amide bonds. The molecule has 0 radical (unpaired) electrons. The lowest BCUT2D eigenvalue weighted by Crippen LogP contribution is -2.46. The number of nitrogens with one attached hydrogen (secondary N) is 2. The van der Waals surface area contributed by atoms with Gasteiger partial charge in [-0.25, -0.2) is 4.98 Å². The molecule has 0 aromatic carbocycles. The van der Waals surface area contributed by atoms with Crippen LogP contribution < -0.4 is 10.6 Å². The Kier molecular flexibility index (Phi) is 6.45. The van der Waals surface area contributed by atoms with E-state index in [-0.39, 0.29) is 24.0 Å². The second-order valence-electron chi connectivity index (χ2n) is 4.96. The van der Waals surface area contributed by atoms with Crippen LogP contribution in [0.5, 0.6) is 0 Å². The third kappa shape index (κ3) is 4.91. The fourth-order valence-corrected chi connectivity index (χ4v) is 2.72. The van der Waals surface area contributed by atoms with Crippen LogP contribution in [0, 0.1) is 6.92 Å². The van der Waals surface area contributed by atoms with Gasteiger partial charge in [0.2, 0.25) is 5.91 Å². The molecule has 0 aliphatic heterocycles. The van der Waals surface area contributed by atoms with Crippen molar-refractivity contribution in [2.75, 3.05) is 0 Å². The molecule has 2 unspecified atom stereocenters. The maximum Gasteiger partial charge on any atom is 0.237 e. The van der Waals surface area contributed by atoms with E-state index in [4.69, 9.17) is 0 Å².